The molecule has 0 spiro atoms. The molecule has 0 aliphatic carbocycles. The lowest BCUT2D eigenvalue weighted by Crippen LogP contribution is -2.26. The fourth-order valence-electron chi connectivity index (χ4n) is 3.38. The predicted molar refractivity (Wildman–Crippen MR) is 131 cm³/mol. The van der Waals surface area contributed by atoms with Gasteiger partial charge in [0.05, 0.1) is 30.9 Å². The third-order valence-corrected chi connectivity index (χ3v) is 7.12. The molecule has 184 valence electrons. The second kappa shape index (κ2) is 10.6. The molecule has 0 saturated heterocycles. The number of nitrogens with zero attached hydrogens (tertiary/aromatic N) is 1. The number of fused-ring (bicyclic) bond motifs is 1. The summed E-state index contributed by atoms with van der Waals surface area (Å²) in [6.07, 6.45) is 0.798. The monoisotopic (exact) mass is 498 g/mol. The van der Waals surface area contributed by atoms with Crippen molar-refractivity contribution in [1.29, 1.82) is 0 Å². The molecule has 0 atom stereocenters. The maximum absolute atomic E-state index is 12.9. The first kappa shape index (κ1) is 24.2. The van der Waals surface area contributed by atoms with Gasteiger partial charge in [-0.1, -0.05) is 0 Å². The molecule has 0 saturated carbocycles. The first-order chi connectivity index (χ1) is 16.9. The summed E-state index contributed by atoms with van der Waals surface area (Å²) in [5.41, 5.74) is 1.02. The van der Waals surface area contributed by atoms with Crippen molar-refractivity contribution < 1.29 is 32.2 Å². The van der Waals surface area contributed by atoms with Gasteiger partial charge in [0, 0.05) is 25.2 Å². The van der Waals surface area contributed by atoms with E-state index in [1.54, 1.807) is 54.6 Å². The van der Waals surface area contributed by atoms with Gasteiger partial charge in [0.15, 0.2) is 18.1 Å². The van der Waals surface area contributed by atoms with Crippen molar-refractivity contribution in [3.8, 4) is 23.0 Å². The van der Waals surface area contributed by atoms with Crippen LogP contribution < -0.4 is 28.6 Å². The first-order valence-corrected chi connectivity index (χ1v) is 12.4. The number of anilines is 2. The number of ether oxygens (including phenoxy) is 4. The number of amides is 1. The Bertz CT molecular complexity index is 1280. The first-order valence-electron chi connectivity index (χ1n) is 10.9. The van der Waals surface area contributed by atoms with E-state index in [2.05, 4.69) is 5.32 Å². The fraction of sp³-hybridized carbons (Fsp3) is 0.240. The van der Waals surface area contributed by atoms with Crippen LogP contribution in [-0.4, -0.2) is 48.3 Å². The molecular formula is C25H26N2O7S. The Morgan fingerprint density at radius 3 is 2.29 bits per heavy atom. The number of nitrogens with one attached hydrogen (secondary N) is 1. The highest BCUT2D eigenvalue weighted by Crippen LogP contribution is 2.32. The normalized spacial score (nSPS) is 12.9. The third-order valence-electron chi connectivity index (χ3n) is 5.32. The van der Waals surface area contributed by atoms with Gasteiger partial charge < -0.3 is 24.3 Å². The van der Waals surface area contributed by atoms with Gasteiger partial charge in [-0.2, -0.15) is 0 Å². The Morgan fingerprint density at radius 1 is 0.943 bits per heavy atom. The zero-order valence-electron chi connectivity index (χ0n) is 19.4. The van der Waals surface area contributed by atoms with Crippen molar-refractivity contribution in [1.82, 2.24) is 0 Å². The van der Waals surface area contributed by atoms with E-state index in [1.165, 1.54) is 30.6 Å². The molecule has 9 nitrogen and oxygen atoms in total. The third kappa shape index (κ3) is 5.78. The van der Waals surface area contributed by atoms with Gasteiger partial charge in [0.25, 0.3) is 15.9 Å². The van der Waals surface area contributed by atoms with Crippen LogP contribution in [0.1, 0.15) is 6.42 Å². The van der Waals surface area contributed by atoms with E-state index in [4.69, 9.17) is 18.9 Å². The molecule has 10 heteroatoms. The SMILES string of the molecule is COc1ccc(S(=O)(=O)N(C)c2ccc(OCC(=O)Nc3ccc4c(c3)OCCCO4)cc2)cc1. The van der Waals surface area contributed by atoms with Crippen LogP contribution in [0.15, 0.2) is 71.6 Å². The van der Waals surface area contributed by atoms with Crippen molar-refractivity contribution in [2.75, 3.05) is 43.6 Å². The zero-order chi connectivity index (χ0) is 24.8. The number of carbonyl (C=O) groups excluding carboxylic acids is 1. The van der Waals surface area contributed by atoms with Crippen LogP contribution in [0.3, 0.4) is 0 Å². The van der Waals surface area contributed by atoms with Gasteiger partial charge in [0.2, 0.25) is 0 Å². The molecule has 1 aliphatic heterocycles. The summed E-state index contributed by atoms with van der Waals surface area (Å²) < 4.78 is 48.8. The standard InChI is InChI=1S/C25H26N2O7S/c1-27(35(29,30)22-11-9-20(31-2)10-12-22)19-5-7-21(8-6-19)34-17-25(28)26-18-4-13-23-24(16-18)33-15-3-14-32-23/h4-13,16H,3,14-15,17H2,1-2H3,(H,26,28). The Kier molecular flexibility index (Phi) is 7.31. The van der Waals surface area contributed by atoms with Crippen molar-refractivity contribution in [3.63, 3.8) is 0 Å². The van der Waals surface area contributed by atoms with Crippen LogP contribution >= 0.6 is 0 Å². The summed E-state index contributed by atoms with van der Waals surface area (Å²) in [6, 6.07) is 17.8. The van der Waals surface area contributed by atoms with Gasteiger partial charge >= 0.3 is 0 Å². The van der Waals surface area contributed by atoms with Crippen molar-refractivity contribution in [2.45, 2.75) is 11.3 Å². The van der Waals surface area contributed by atoms with Gasteiger partial charge in [-0.3, -0.25) is 9.10 Å². The number of sulfonamides is 1. The summed E-state index contributed by atoms with van der Waals surface area (Å²) in [4.78, 5) is 12.5. The molecular weight excluding hydrogens is 472 g/mol. The van der Waals surface area contributed by atoms with Crippen molar-refractivity contribution in [3.05, 3.63) is 66.7 Å². The highest BCUT2D eigenvalue weighted by atomic mass is 32.2. The topological polar surface area (TPSA) is 103 Å². The van der Waals surface area contributed by atoms with Gasteiger partial charge in [-0.15, -0.1) is 0 Å². The van der Waals surface area contributed by atoms with E-state index < -0.39 is 10.0 Å². The average Bonchev–Trinajstić information content (AvgIpc) is 3.12. The highest BCUT2D eigenvalue weighted by molar-refractivity contribution is 7.92. The van der Waals surface area contributed by atoms with Gasteiger partial charge in [0.1, 0.15) is 11.5 Å². The number of methoxy groups -OCH3 is 1. The predicted octanol–water partition coefficient (Wildman–Crippen LogP) is 3.70. The number of rotatable bonds is 8. The summed E-state index contributed by atoms with van der Waals surface area (Å²) in [7, 11) is -0.759. The van der Waals surface area contributed by atoms with E-state index in [-0.39, 0.29) is 17.4 Å². The Balaban J connectivity index is 1.34. The molecule has 1 heterocycles. The van der Waals surface area contributed by atoms with E-state index >= 15 is 0 Å². The maximum Gasteiger partial charge on any atom is 0.264 e. The van der Waals surface area contributed by atoms with Crippen LogP contribution in [0.25, 0.3) is 0 Å². The summed E-state index contributed by atoms with van der Waals surface area (Å²) in [6.45, 7) is 0.933. The van der Waals surface area contributed by atoms with Gasteiger partial charge in [-0.05, 0) is 60.7 Å². The maximum atomic E-state index is 12.9. The Morgan fingerprint density at radius 2 is 1.60 bits per heavy atom. The highest BCUT2D eigenvalue weighted by Gasteiger charge is 2.21. The smallest absolute Gasteiger partial charge is 0.264 e. The molecule has 1 N–H and O–H groups in total. The molecule has 0 fully saturated rings. The van der Waals surface area contributed by atoms with Crippen molar-refractivity contribution >= 4 is 27.3 Å². The lowest BCUT2D eigenvalue weighted by Gasteiger charge is -2.20. The molecule has 3 aromatic rings. The van der Waals surface area contributed by atoms with Crippen molar-refractivity contribution in [2.24, 2.45) is 0 Å². The molecule has 0 bridgehead atoms. The quantitative estimate of drug-likeness (QED) is 0.505. The average molecular weight is 499 g/mol. The minimum atomic E-state index is -3.75. The van der Waals surface area contributed by atoms with Gasteiger partial charge in [-0.25, -0.2) is 8.42 Å². The minimum absolute atomic E-state index is 0.146. The van der Waals surface area contributed by atoms with Crippen LogP contribution in [0.5, 0.6) is 23.0 Å². The second-order valence-corrected chi connectivity index (χ2v) is 9.66. The number of benzene rings is 3. The lowest BCUT2D eigenvalue weighted by atomic mass is 10.2. The Labute approximate surface area is 204 Å². The molecule has 0 aromatic heterocycles. The number of hydrogen-bond donors (Lipinski definition) is 1. The summed E-state index contributed by atoms with van der Waals surface area (Å²) >= 11 is 0. The summed E-state index contributed by atoms with van der Waals surface area (Å²) in [5.74, 6) is 1.89. The fourth-order valence-corrected chi connectivity index (χ4v) is 4.58. The number of hydrogen-bond acceptors (Lipinski definition) is 7. The zero-order valence-corrected chi connectivity index (χ0v) is 20.2. The molecule has 0 radical (unpaired) electrons. The molecule has 0 unspecified atom stereocenters. The number of carbonyl (C=O) groups is 1. The molecule has 1 amide bonds. The van der Waals surface area contributed by atoms with E-state index in [9.17, 15) is 13.2 Å². The van der Waals surface area contributed by atoms with E-state index in [0.29, 0.717) is 47.6 Å². The van der Waals surface area contributed by atoms with E-state index in [0.717, 1.165) is 6.42 Å². The summed E-state index contributed by atoms with van der Waals surface area (Å²) in [5, 5.41) is 2.76. The molecule has 35 heavy (non-hydrogen) atoms. The van der Waals surface area contributed by atoms with Crippen LogP contribution in [0.4, 0.5) is 11.4 Å². The van der Waals surface area contributed by atoms with E-state index in [1.807, 2.05) is 0 Å². The largest absolute Gasteiger partial charge is 0.497 e. The minimum Gasteiger partial charge on any atom is -0.497 e. The Hall–Kier alpha value is -3.92. The van der Waals surface area contributed by atoms with Crippen LogP contribution in [-0.2, 0) is 14.8 Å². The lowest BCUT2D eigenvalue weighted by molar-refractivity contribution is -0.118. The molecule has 4 rings (SSSR count). The van der Waals surface area contributed by atoms with Crippen LogP contribution in [0.2, 0.25) is 0 Å². The second-order valence-electron chi connectivity index (χ2n) is 7.69. The molecule has 3 aromatic carbocycles. The molecule has 1 aliphatic rings. The van der Waals surface area contributed by atoms with Crippen LogP contribution in [0, 0.1) is 0 Å².